The van der Waals surface area contributed by atoms with Gasteiger partial charge in [-0.05, 0) is 30.5 Å². The summed E-state index contributed by atoms with van der Waals surface area (Å²) in [5, 5.41) is 13.5. The Labute approximate surface area is 131 Å². The van der Waals surface area contributed by atoms with Gasteiger partial charge in [0.2, 0.25) is 5.91 Å². The molecule has 3 N–H and O–H groups in total. The van der Waals surface area contributed by atoms with E-state index in [9.17, 15) is 23.2 Å². The largest absolute Gasteiger partial charge is 0.480 e. The second-order valence-electron chi connectivity index (χ2n) is 5.40. The SMILES string of the molecule is CC(C)C[C@@H](NC(=O)CNC(=O)c1ccc(F)c(F)c1)C(=O)O. The van der Waals surface area contributed by atoms with Gasteiger partial charge in [0.15, 0.2) is 11.6 Å². The van der Waals surface area contributed by atoms with E-state index in [-0.39, 0.29) is 17.9 Å². The topological polar surface area (TPSA) is 95.5 Å². The standard InChI is InChI=1S/C15H18F2N2O4/c1-8(2)5-12(15(22)23)19-13(20)7-18-14(21)9-3-4-10(16)11(17)6-9/h3-4,6,8,12H,5,7H2,1-2H3,(H,18,21)(H,19,20)(H,22,23)/t12-/m1/s1. The van der Waals surface area contributed by atoms with E-state index in [1.54, 1.807) is 0 Å². The van der Waals surface area contributed by atoms with Gasteiger partial charge in [0.25, 0.3) is 5.91 Å². The Morgan fingerprint density at radius 2 is 1.83 bits per heavy atom. The van der Waals surface area contributed by atoms with Gasteiger partial charge >= 0.3 is 5.97 Å². The molecule has 0 saturated carbocycles. The van der Waals surface area contributed by atoms with Crippen molar-refractivity contribution in [2.75, 3.05) is 6.54 Å². The molecule has 1 atom stereocenters. The van der Waals surface area contributed by atoms with E-state index in [0.29, 0.717) is 6.07 Å². The fourth-order valence-corrected chi connectivity index (χ4v) is 1.84. The molecule has 0 heterocycles. The molecule has 0 aliphatic heterocycles. The Morgan fingerprint density at radius 3 is 2.35 bits per heavy atom. The summed E-state index contributed by atoms with van der Waals surface area (Å²) in [6, 6.07) is 1.53. The highest BCUT2D eigenvalue weighted by Crippen LogP contribution is 2.08. The number of hydrogen-bond donors (Lipinski definition) is 3. The summed E-state index contributed by atoms with van der Waals surface area (Å²) < 4.78 is 25.8. The first-order valence-corrected chi connectivity index (χ1v) is 6.96. The summed E-state index contributed by atoms with van der Waals surface area (Å²) in [5.74, 6) is -4.82. The maximum Gasteiger partial charge on any atom is 0.326 e. The van der Waals surface area contributed by atoms with E-state index in [4.69, 9.17) is 5.11 Å². The van der Waals surface area contributed by atoms with Crippen LogP contribution in [0.2, 0.25) is 0 Å². The monoisotopic (exact) mass is 328 g/mol. The Bertz CT molecular complexity index is 605. The number of carbonyl (C=O) groups excluding carboxylic acids is 2. The van der Waals surface area contributed by atoms with Crippen molar-refractivity contribution in [3.63, 3.8) is 0 Å². The molecular formula is C15H18F2N2O4. The predicted molar refractivity (Wildman–Crippen MR) is 77.7 cm³/mol. The molecule has 6 nitrogen and oxygen atoms in total. The summed E-state index contributed by atoms with van der Waals surface area (Å²) in [6.45, 7) is 3.15. The lowest BCUT2D eigenvalue weighted by atomic mass is 10.0. The van der Waals surface area contributed by atoms with E-state index in [2.05, 4.69) is 10.6 Å². The lowest BCUT2D eigenvalue weighted by Crippen LogP contribution is -2.46. The van der Waals surface area contributed by atoms with Crippen LogP contribution in [-0.2, 0) is 9.59 Å². The summed E-state index contributed by atoms with van der Waals surface area (Å²) in [5.41, 5.74) is -0.145. The van der Waals surface area contributed by atoms with Crippen molar-refractivity contribution < 1.29 is 28.3 Å². The minimum atomic E-state index is -1.18. The van der Waals surface area contributed by atoms with Crippen molar-refractivity contribution in [1.29, 1.82) is 0 Å². The van der Waals surface area contributed by atoms with Gasteiger partial charge in [-0.25, -0.2) is 13.6 Å². The number of aliphatic carboxylic acids is 1. The quantitative estimate of drug-likeness (QED) is 0.703. The molecule has 126 valence electrons. The van der Waals surface area contributed by atoms with Crippen LogP contribution in [0.15, 0.2) is 18.2 Å². The van der Waals surface area contributed by atoms with Crippen LogP contribution in [0.25, 0.3) is 0 Å². The van der Waals surface area contributed by atoms with Crippen LogP contribution in [0.4, 0.5) is 8.78 Å². The minimum absolute atomic E-state index is 0.0631. The highest BCUT2D eigenvalue weighted by molar-refractivity contribution is 5.96. The van der Waals surface area contributed by atoms with E-state index in [0.717, 1.165) is 12.1 Å². The molecule has 1 rings (SSSR count). The first-order valence-electron chi connectivity index (χ1n) is 6.96. The van der Waals surface area contributed by atoms with Crippen molar-refractivity contribution in [3.05, 3.63) is 35.4 Å². The first-order chi connectivity index (χ1) is 10.7. The molecular weight excluding hydrogens is 310 g/mol. The Morgan fingerprint density at radius 1 is 1.17 bits per heavy atom. The Hall–Kier alpha value is -2.51. The van der Waals surface area contributed by atoms with Crippen molar-refractivity contribution in [3.8, 4) is 0 Å². The minimum Gasteiger partial charge on any atom is -0.480 e. The van der Waals surface area contributed by atoms with E-state index in [1.165, 1.54) is 0 Å². The fourth-order valence-electron chi connectivity index (χ4n) is 1.84. The zero-order chi connectivity index (χ0) is 17.6. The number of carboxylic acid groups (broad SMARTS) is 1. The number of carbonyl (C=O) groups is 3. The van der Waals surface area contributed by atoms with Crippen molar-refractivity contribution in [2.45, 2.75) is 26.3 Å². The predicted octanol–water partition coefficient (Wildman–Crippen LogP) is 1.31. The number of carboxylic acids is 1. The molecule has 1 aromatic carbocycles. The molecule has 0 bridgehead atoms. The average Bonchev–Trinajstić information content (AvgIpc) is 2.46. The number of rotatable bonds is 7. The molecule has 0 aromatic heterocycles. The zero-order valence-electron chi connectivity index (χ0n) is 12.7. The van der Waals surface area contributed by atoms with Gasteiger partial charge in [-0.2, -0.15) is 0 Å². The molecule has 0 saturated heterocycles. The van der Waals surface area contributed by atoms with Gasteiger partial charge in [0, 0.05) is 5.56 Å². The normalized spacial score (nSPS) is 11.9. The van der Waals surface area contributed by atoms with E-state index < -0.39 is 42.0 Å². The number of amides is 2. The summed E-state index contributed by atoms with van der Waals surface area (Å²) >= 11 is 0. The van der Waals surface area contributed by atoms with Crippen LogP contribution in [0.1, 0.15) is 30.6 Å². The molecule has 0 fully saturated rings. The smallest absolute Gasteiger partial charge is 0.326 e. The molecule has 0 aliphatic rings. The molecule has 0 aliphatic carbocycles. The maximum absolute atomic E-state index is 13.0. The van der Waals surface area contributed by atoms with Gasteiger partial charge in [-0.1, -0.05) is 13.8 Å². The van der Waals surface area contributed by atoms with Crippen LogP contribution in [0.5, 0.6) is 0 Å². The van der Waals surface area contributed by atoms with Crippen LogP contribution >= 0.6 is 0 Å². The van der Waals surface area contributed by atoms with Gasteiger partial charge in [0.05, 0.1) is 6.54 Å². The summed E-state index contributed by atoms with van der Waals surface area (Å²) in [4.78, 5) is 34.4. The molecule has 0 spiro atoms. The molecule has 2 amide bonds. The number of benzene rings is 1. The summed E-state index contributed by atoms with van der Waals surface area (Å²) in [7, 11) is 0. The molecule has 1 aromatic rings. The molecule has 0 radical (unpaired) electrons. The highest BCUT2D eigenvalue weighted by Gasteiger charge is 2.21. The lowest BCUT2D eigenvalue weighted by molar-refractivity contribution is -0.142. The molecule has 23 heavy (non-hydrogen) atoms. The van der Waals surface area contributed by atoms with Crippen LogP contribution < -0.4 is 10.6 Å². The Kier molecular flexibility index (Phi) is 6.62. The van der Waals surface area contributed by atoms with Crippen molar-refractivity contribution in [2.24, 2.45) is 5.92 Å². The van der Waals surface area contributed by atoms with E-state index in [1.807, 2.05) is 13.8 Å². The third kappa shape index (κ3) is 6.01. The van der Waals surface area contributed by atoms with Gasteiger partial charge in [-0.3, -0.25) is 9.59 Å². The van der Waals surface area contributed by atoms with E-state index >= 15 is 0 Å². The summed E-state index contributed by atoms with van der Waals surface area (Å²) in [6.07, 6.45) is 0.248. The average molecular weight is 328 g/mol. The van der Waals surface area contributed by atoms with Gasteiger partial charge in [0.1, 0.15) is 6.04 Å². The number of nitrogens with one attached hydrogen (secondary N) is 2. The fraction of sp³-hybridized carbons (Fsp3) is 0.400. The second kappa shape index (κ2) is 8.21. The number of halogens is 2. The van der Waals surface area contributed by atoms with Crippen LogP contribution in [-0.4, -0.2) is 35.5 Å². The molecule has 8 heteroatoms. The van der Waals surface area contributed by atoms with Gasteiger partial charge < -0.3 is 15.7 Å². The lowest BCUT2D eigenvalue weighted by Gasteiger charge is -2.16. The van der Waals surface area contributed by atoms with Gasteiger partial charge in [-0.15, -0.1) is 0 Å². The van der Waals surface area contributed by atoms with Crippen molar-refractivity contribution >= 4 is 17.8 Å². The third-order valence-corrected chi connectivity index (χ3v) is 2.93. The Balaban J connectivity index is 2.56. The maximum atomic E-state index is 13.0. The first kappa shape index (κ1) is 18.5. The van der Waals surface area contributed by atoms with Crippen LogP contribution in [0, 0.1) is 17.6 Å². The molecule has 0 unspecified atom stereocenters. The highest BCUT2D eigenvalue weighted by atomic mass is 19.2. The van der Waals surface area contributed by atoms with Crippen molar-refractivity contribution in [1.82, 2.24) is 10.6 Å². The third-order valence-electron chi connectivity index (χ3n) is 2.93. The second-order valence-corrected chi connectivity index (χ2v) is 5.40. The van der Waals surface area contributed by atoms with Crippen LogP contribution in [0.3, 0.4) is 0 Å². The number of hydrogen-bond acceptors (Lipinski definition) is 3. The zero-order valence-corrected chi connectivity index (χ0v) is 12.7.